The summed E-state index contributed by atoms with van der Waals surface area (Å²) in [4.78, 5) is 11.7. The van der Waals surface area contributed by atoms with E-state index in [4.69, 9.17) is 9.47 Å². The molecule has 0 aliphatic heterocycles. The number of anilines is 1. The van der Waals surface area contributed by atoms with Crippen LogP contribution >= 0.6 is 0 Å². The standard InChI is InChI=1S/C18H17FN4O3/c1-25-17-4-2-3-13(9-17)10-23-11-16(21-22-23)12-26-18(24)20-15-7-5-14(19)6-8-15/h2-9,11H,10,12H2,1H3,(H,20,24). The summed E-state index contributed by atoms with van der Waals surface area (Å²) in [5, 5.41) is 10.5. The molecule has 0 saturated heterocycles. The fourth-order valence-electron chi connectivity index (χ4n) is 2.27. The molecule has 7 nitrogen and oxygen atoms in total. The van der Waals surface area contributed by atoms with Crippen LogP contribution in [0.1, 0.15) is 11.3 Å². The van der Waals surface area contributed by atoms with Crippen LogP contribution in [0.15, 0.2) is 54.7 Å². The van der Waals surface area contributed by atoms with Gasteiger partial charge in [0, 0.05) is 5.69 Å². The van der Waals surface area contributed by atoms with Gasteiger partial charge in [0.05, 0.1) is 19.9 Å². The number of nitrogens with zero attached hydrogens (tertiary/aromatic N) is 3. The van der Waals surface area contributed by atoms with Crippen molar-refractivity contribution in [1.82, 2.24) is 15.0 Å². The molecule has 2 aromatic carbocycles. The van der Waals surface area contributed by atoms with Crippen LogP contribution in [0.2, 0.25) is 0 Å². The molecule has 0 radical (unpaired) electrons. The van der Waals surface area contributed by atoms with Gasteiger partial charge in [-0.25, -0.2) is 13.9 Å². The molecule has 0 unspecified atom stereocenters. The lowest BCUT2D eigenvalue weighted by atomic mass is 10.2. The molecule has 1 amide bonds. The summed E-state index contributed by atoms with van der Waals surface area (Å²) < 4.78 is 24.7. The fraction of sp³-hybridized carbons (Fsp3) is 0.167. The number of ether oxygens (including phenoxy) is 2. The largest absolute Gasteiger partial charge is 0.497 e. The summed E-state index contributed by atoms with van der Waals surface area (Å²) in [5.41, 5.74) is 1.97. The Balaban J connectivity index is 1.51. The van der Waals surface area contributed by atoms with Gasteiger partial charge in [0.15, 0.2) is 0 Å². The summed E-state index contributed by atoms with van der Waals surface area (Å²) in [6.45, 7) is 0.497. The van der Waals surface area contributed by atoms with Crippen LogP contribution < -0.4 is 10.1 Å². The van der Waals surface area contributed by atoms with Crippen molar-refractivity contribution in [3.05, 3.63) is 71.8 Å². The Bertz CT molecular complexity index is 880. The Labute approximate surface area is 149 Å². The first-order valence-corrected chi connectivity index (χ1v) is 7.83. The Hall–Kier alpha value is -3.42. The summed E-state index contributed by atoms with van der Waals surface area (Å²) in [5.74, 6) is 0.389. The third kappa shape index (κ3) is 4.79. The summed E-state index contributed by atoms with van der Waals surface area (Å²) in [6.07, 6.45) is 1.05. The van der Waals surface area contributed by atoms with Gasteiger partial charge in [-0.1, -0.05) is 17.3 Å². The van der Waals surface area contributed by atoms with Crippen molar-refractivity contribution < 1.29 is 18.7 Å². The molecule has 8 heteroatoms. The van der Waals surface area contributed by atoms with Crippen LogP contribution in [0.4, 0.5) is 14.9 Å². The zero-order valence-electron chi connectivity index (χ0n) is 14.1. The Morgan fingerprint density at radius 3 is 2.81 bits per heavy atom. The molecule has 0 fully saturated rings. The Morgan fingerprint density at radius 2 is 2.04 bits per heavy atom. The molecule has 134 valence electrons. The number of hydrogen-bond donors (Lipinski definition) is 1. The Kier molecular flexibility index (Phi) is 5.43. The maximum atomic E-state index is 12.8. The molecule has 0 spiro atoms. The van der Waals surface area contributed by atoms with Gasteiger partial charge in [-0.15, -0.1) is 5.10 Å². The Morgan fingerprint density at radius 1 is 1.23 bits per heavy atom. The second-order valence-electron chi connectivity index (χ2n) is 5.47. The SMILES string of the molecule is COc1cccc(Cn2cc(COC(=O)Nc3ccc(F)cc3)nn2)c1. The van der Waals surface area contributed by atoms with Crippen LogP contribution in [0.3, 0.4) is 0 Å². The zero-order valence-corrected chi connectivity index (χ0v) is 14.1. The number of methoxy groups -OCH3 is 1. The monoisotopic (exact) mass is 356 g/mol. The normalized spacial score (nSPS) is 10.4. The predicted octanol–water partition coefficient (Wildman–Crippen LogP) is 3.22. The van der Waals surface area contributed by atoms with Crippen molar-refractivity contribution in [2.24, 2.45) is 0 Å². The number of rotatable bonds is 6. The van der Waals surface area contributed by atoms with E-state index in [1.54, 1.807) is 18.0 Å². The smallest absolute Gasteiger partial charge is 0.412 e. The van der Waals surface area contributed by atoms with E-state index in [0.29, 0.717) is 17.9 Å². The number of carbonyl (C=O) groups excluding carboxylic acids is 1. The molecule has 3 rings (SSSR count). The van der Waals surface area contributed by atoms with Gasteiger partial charge in [-0.2, -0.15) is 0 Å². The lowest BCUT2D eigenvalue weighted by molar-refractivity contribution is 0.153. The number of hydrogen-bond acceptors (Lipinski definition) is 5. The maximum absolute atomic E-state index is 12.8. The molecule has 1 heterocycles. The number of carbonyl (C=O) groups is 1. The molecule has 0 bridgehead atoms. The van der Waals surface area contributed by atoms with E-state index in [1.807, 2.05) is 24.3 Å². The van der Waals surface area contributed by atoms with E-state index in [9.17, 15) is 9.18 Å². The molecule has 3 aromatic rings. The lowest BCUT2D eigenvalue weighted by Crippen LogP contribution is -2.13. The van der Waals surface area contributed by atoms with Crippen LogP contribution in [0.5, 0.6) is 5.75 Å². The topological polar surface area (TPSA) is 78.3 Å². The van der Waals surface area contributed by atoms with Gasteiger partial charge >= 0.3 is 6.09 Å². The van der Waals surface area contributed by atoms with E-state index in [0.717, 1.165) is 11.3 Å². The first-order valence-electron chi connectivity index (χ1n) is 7.83. The van der Waals surface area contributed by atoms with Crippen LogP contribution in [0.25, 0.3) is 0 Å². The van der Waals surface area contributed by atoms with Gasteiger partial charge in [0.1, 0.15) is 23.9 Å². The summed E-state index contributed by atoms with van der Waals surface area (Å²) >= 11 is 0. The fourth-order valence-corrected chi connectivity index (χ4v) is 2.27. The van der Waals surface area contributed by atoms with E-state index in [1.165, 1.54) is 24.3 Å². The van der Waals surface area contributed by atoms with Crippen molar-refractivity contribution >= 4 is 11.8 Å². The first-order chi connectivity index (χ1) is 12.6. The molecular formula is C18H17FN4O3. The average Bonchev–Trinajstić information content (AvgIpc) is 3.09. The molecule has 0 saturated carbocycles. The third-order valence-corrected chi connectivity index (χ3v) is 3.51. The minimum Gasteiger partial charge on any atom is -0.497 e. The summed E-state index contributed by atoms with van der Waals surface area (Å²) in [7, 11) is 1.61. The van der Waals surface area contributed by atoms with Crippen molar-refractivity contribution in [2.75, 3.05) is 12.4 Å². The van der Waals surface area contributed by atoms with Gasteiger partial charge in [-0.05, 0) is 42.0 Å². The second kappa shape index (κ2) is 8.11. The van der Waals surface area contributed by atoms with E-state index < -0.39 is 6.09 Å². The summed E-state index contributed by atoms with van der Waals surface area (Å²) in [6, 6.07) is 13.0. The van der Waals surface area contributed by atoms with E-state index in [-0.39, 0.29) is 12.4 Å². The highest BCUT2D eigenvalue weighted by atomic mass is 19.1. The molecule has 1 aromatic heterocycles. The second-order valence-corrected chi connectivity index (χ2v) is 5.47. The quantitative estimate of drug-likeness (QED) is 0.734. The van der Waals surface area contributed by atoms with Crippen LogP contribution in [0, 0.1) is 5.82 Å². The maximum Gasteiger partial charge on any atom is 0.412 e. The van der Waals surface area contributed by atoms with Gasteiger partial charge < -0.3 is 9.47 Å². The predicted molar refractivity (Wildman–Crippen MR) is 92.3 cm³/mol. The van der Waals surface area contributed by atoms with Crippen molar-refractivity contribution in [3.63, 3.8) is 0 Å². The molecule has 0 atom stereocenters. The van der Waals surface area contributed by atoms with Crippen molar-refractivity contribution in [1.29, 1.82) is 0 Å². The highest BCUT2D eigenvalue weighted by Crippen LogP contribution is 2.13. The van der Waals surface area contributed by atoms with Crippen LogP contribution in [-0.2, 0) is 17.9 Å². The molecule has 26 heavy (non-hydrogen) atoms. The van der Waals surface area contributed by atoms with Crippen LogP contribution in [-0.4, -0.2) is 28.2 Å². The number of aromatic nitrogens is 3. The first kappa shape index (κ1) is 17.4. The molecule has 1 N–H and O–H groups in total. The highest BCUT2D eigenvalue weighted by Gasteiger charge is 2.07. The van der Waals surface area contributed by atoms with Gasteiger partial charge in [0.2, 0.25) is 0 Å². The minimum absolute atomic E-state index is 0.0227. The molecule has 0 aliphatic carbocycles. The molecule has 0 aliphatic rings. The highest BCUT2D eigenvalue weighted by molar-refractivity contribution is 5.84. The number of benzene rings is 2. The number of amides is 1. The molecular weight excluding hydrogens is 339 g/mol. The number of halogens is 1. The zero-order chi connectivity index (χ0) is 18.4. The minimum atomic E-state index is -0.654. The van der Waals surface area contributed by atoms with E-state index >= 15 is 0 Å². The third-order valence-electron chi connectivity index (χ3n) is 3.51. The van der Waals surface area contributed by atoms with E-state index in [2.05, 4.69) is 15.6 Å². The van der Waals surface area contributed by atoms with Gasteiger partial charge in [0.25, 0.3) is 0 Å². The van der Waals surface area contributed by atoms with Crippen molar-refractivity contribution in [2.45, 2.75) is 13.2 Å². The lowest BCUT2D eigenvalue weighted by Gasteiger charge is -2.05. The average molecular weight is 356 g/mol. The van der Waals surface area contributed by atoms with Crippen molar-refractivity contribution in [3.8, 4) is 5.75 Å². The number of nitrogens with one attached hydrogen (secondary N) is 1. The van der Waals surface area contributed by atoms with Gasteiger partial charge in [-0.3, -0.25) is 5.32 Å².